The molecule has 2 aromatic rings. The van der Waals surface area contributed by atoms with Crippen molar-refractivity contribution in [3.8, 4) is 5.75 Å². The highest BCUT2D eigenvalue weighted by atomic mass is 31.2. The van der Waals surface area contributed by atoms with Crippen LogP contribution < -0.4 is 63.7 Å². The van der Waals surface area contributed by atoms with E-state index in [2.05, 4.69) is 52.4 Å². The fourth-order valence-corrected chi connectivity index (χ4v) is 8.55. The number of phosphoric acid groups is 1. The van der Waals surface area contributed by atoms with Gasteiger partial charge in [-0.1, -0.05) is 61.8 Å². The Balaban J connectivity index is 2.67. The van der Waals surface area contributed by atoms with Crippen LogP contribution in [0.1, 0.15) is 100 Å². The van der Waals surface area contributed by atoms with Gasteiger partial charge in [0.05, 0.1) is 25.6 Å². The number of nitrogens with two attached hydrogens (primary N) is 1. The highest BCUT2D eigenvalue weighted by Crippen LogP contribution is 2.38. The van der Waals surface area contributed by atoms with Gasteiger partial charge in [-0.15, -0.1) is 0 Å². The van der Waals surface area contributed by atoms with Crippen molar-refractivity contribution in [2.75, 3.05) is 6.61 Å². The number of aliphatic hydroxyl groups excluding tert-OH is 2. The molecular formula is C51H77N10O22P. The van der Waals surface area contributed by atoms with E-state index in [4.69, 9.17) is 10.2 Å². The summed E-state index contributed by atoms with van der Waals surface area (Å²) >= 11 is 0. The maximum atomic E-state index is 14.8. The number of carboxylic acid groups (broad SMARTS) is 2. The molecule has 0 aliphatic rings. The number of rotatable bonds is 34. The Labute approximate surface area is 481 Å². The maximum absolute atomic E-state index is 14.8. The second-order valence-corrected chi connectivity index (χ2v) is 22.2. The van der Waals surface area contributed by atoms with Gasteiger partial charge >= 0.3 is 25.4 Å². The quantitative estimate of drug-likeness (QED) is 0.0238. The minimum absolute atomic E-state index is 0.0268. The van der Waals surface area contributed by atoms with Crippen LogP contribution in [0.3, 0.4) is 0 Å². The van der Waals surface area contributed by atoms with E-state index in [9.17, 15) is 97.1 Å². The fourth-order valence-electron chi connectivity index (χ4n) is 8.16. The summed E-state index contributed by atoms with van der Waals surface area (Å²) in [5.74, 6) is -16.8. The maximum Gasteiger partial charge on any atom is 0.524 e. The molecule has 468 valence electrons. The Morgan fingerprint density at radius 3 is 1.52 bits per heavy atom. The van der Waals surface area contributed by atoms with Crippen LogP contribution in [-0.4, -0.2) is 168 Å². The summed E-state index contributed by atoms with van der Waals surface area (Å²) in [5.41, 5.74) is 3.92. The van der Waals surface area contributed by atoms with Crippen LogP contribution in [0.5, 0.6) is 5.75 Å². The summed E-state index contributed by atoms with van der Waals surface area (Å²) in [7, 11) is -5.13. The van der Waals surface area contributed by atoms with Gasteiger partial charge in [-0.3, -0.25) is 67.3 Å². The third kappa shape index (κ3) is 23.3. The number of nitrogens with one attached hydrogen (secondary N) is 9. The zero-order valence-electron chi connectivity index (χ0n) is 47.9. The smallest absolute Gasteiger partial charge is 0.481 e. The van der Waals surface area contributed by atoms with Crippen molar-refractivity contribution in [2.45, 2.75) is 162 Å². The van der Waals surface area contributed by atoms with Crippen molar-refractivity contribution < 1.29 is 101 Å². The third-order valence-corrected chi connectivity index (χ3v) is 13.1. The molecule has 0 bridgehead atoms. The van der Waals surface area contributed by atoms with E-state index < -0.39 is 194 Å². The van der Waals surface area contributed by atoms with E-state index in [1.54, 1.807) is 34.6 Å². The number of carboxylic acids is 2. The van der Waals surface area contributed by atoms with E-state index in [0.29, 0.717) is 0 Å². The number of hydrogen-bond donors (Lipinski definition) is 16. The van der Waals surface area contributed by atoms with Crippen LogP contribution in [0.15, 0.2) is 33.5 Å². The highest BCUT2D eigenvalue weighted by Gasteiger charge is 2.39. The summed E-state index contributed by atoms with van der Waals surface area (Å²) in [4.78, 5) is 190. The number of primary amides is 1. The first-order valence-corrected chi connectivity index (χ1v) is 28.0. The molecule has 84 heavy (non-hydrogen) atoms. The average molecular weight is 1210 g/mol. The average Bonchev–Trinajstić information content (AvgIpc) is 3.58. The van der Waals surface area contributed by atoms with Crippen LogP contribution in [0.25, 0.3) is 11.0 Å². The van der Waals surface area contributed by atoms with Gasteiger partial charge in [0.1, 0.15) is 65.7 Å². The zero-order valence-corrected chi connectivity index (χ0v) is 48.8. The molecule has 0 radical (unpaired) electrons. The van der Waals surface area contributed by atoms with Gasteiger partial charge in [0, 0.05) is 30.9 Å². The Morgan fingerprint density at radius 2 is 1.04 bits per heavy atom. The van der Waals surface area contributed by atoms with Crippen LogP contribution in [-0.2, 0) is 68.5 Å². The van der Waals surface area contributed by atoms with Crippen molar-refractivity contribution in [1.82, 2.24) is 47.9 Å². The Bertz CT molecular complexity index is 2840. The minimum atomic E-state index is -5.13. The van der Waals surface area contributed by atoms with Gasteiger partial charge in [0.25, 0.3) is 0 Å². The first kappa shape index (κ1) is 72.0. The lowest BCUT2D eigenvalue weighted by atomic mass is 9.95. The molecule has 10 amide bonds. The second-order valence-electron chi connectivity index (χ2n) is 21.0. The van der Waals surface area contributed by atoms with E-state index in [0.717, 1.165) is 32.0 Å². The molecule has 17 N–H and O–H groups in total. The molecule has 1 aromatic heterocycles. The van der Waals surface area contributed by atoms with Gasteiger partial charge in [0.2, 0.25) is 59.1 Å². The summed E-state index contributed by atoms with van der Waals surface area (Å²) in [6.07, 6.45) is -4.07. The summed E-state index contributed by atoms with van der Waals surface area (Å²) < 4.78 is 21.5. The minimum Gasteiger partial charge on any atom is -0.481 e. The molecule has 0 fully saturated rings. The number of hydrogen-bond acceptors (Lipinski definition) is 18. The lowest BCUT2D eigenvalue weighted by Crippen LogP contribution is -2.63. The number of carbonyl (C=O) groups excluding carboxylic acids is 10. The van der Waals surface area contributed by atoms with Crippen molar-refractivity contribution >= 4 is 89.8 Å². The molecule has 0 spiro atoms. The summed E-state index contributed by atoms with van der Waals surface area (Å²) in [6.45, 7) is 13.5. The fraction of sp³-hybridized carbons (Fsp3) is 0.588. The van der Waals surface area contributed by atoms with Crippen molar-refractivity contribution in [3.63, 3.8) is 0 Å². The molecule has 32 nitrogen and oxygen atoms in total. The molecule has 1 heterocycles. The third-order valence-electron chi connectivity index (χ3n) is 12.7. The monoisotopic (exact) mass is 1210 g/mol. The number of benzene rings is 1. The highest BCUT2D eigenvalue weighted by molar-refractivity contribution is 7.46. The first-order valence-electron chi connectivity index (χ1n) is 26.4. The molecule has 1 aromatic carbocycles. The van der Waals surface area contributed by atoms with Gasteiger partial charge in [-0.25, -0.2) is 9.36 Å². The number of amides is 10. The van der Waals surface area contributed by atoms with Crippen LogP contribution >= 0.6 is 7.82 Å². The largest absolute Gasteiger partial charge is 0.524 e. The molecule has 0 saturated carbocycles. The van der Waals surface area contributed by atoms with Crippen LogP contribution in [0.4, 0.5) is 0 Å². The molecule has 0 aliphatic carbocycles. The summed E-state index contributed by atoms with van der Waals surface area (Å²) in [5, 5.41) is 60.4. The molecule has 0 saturated heterocycles. The predicted octanol–water partition coefficient (Wildman–Crippen LogP) is -3.60. The molecule has 2 rings (SSSR count). The number of aliphatic hydroxyl groups is 2. The number of phosphoric ester groups is 1. The van der Waals surface area contributed by atoms with E-state index in [1.807, 2.05) is 0 Å². The van der Waals surface area contributed by atoms with E-state index >= 15 is 0 Å². The molecule has 0 unspecified atom stereocenters. The van der Waals surface area contributed by atoms with E-state index in [-0.39, 0.29) is 35.3 Å². The van der Waals surface area contributed by atoms with Gasteiger partial charge in [-0.05, 0) is 54.7 Å². The van der Waals surface area contributed by atoms with Gasteiger partial charge in [0.15, 0.2) is 0 Å². The normalized spacial score (nSPS) is 15.4. The van der Waals surface area contributed by atoms with Gasteiger partial charge in [-0.2, -0.15) is 0 Å². The standard InChI is InChI=1S/C51H77N10O22P/c1-11-24(8)41(60-51(78)42(25(9)63)61-47(74)34(20-62)57-45(72)33(19-37(67)68)53-26(10)64)50(77)56-32(15-27-16-38(69)82-35-17-28(12-13-29(27)35)83-84(79,80)81)46(73)58-40(23(6)7)49(76)59-39(22(4)5)48(75)55-31(14-21(2)3)44(71)54-30(43(52)70)18-36(65)66/h12-13,16-17,21-25,30-34,39-42,62-63H,11,14-15,18-20H2,1-10H3,(H2,52,70)(H,53,64)(H,54,71)(H,55,75)(H,56,77)(H,57,72)(H,58,73)(H,59,76)(H,60,78)(H,61,74)(H,65,66)(H,67,68)(H2,79,80,81)/t24-,25+,30-,31-,32-,33-,34-,39-,40-,41-,42-/m0/s1. The lowest BCUT2D eigenvalue weighted by molar-refractivity contribution is -0.141. The van der Waals surface area contributed by atoms with Crippen LogP contribution in [0.2, 0.25) is 0 Å². The SMILES string of the molecule is CC[C@H](C)[C@H](NC(=O)[C@@H](NC(=O)[C@H](CO)NC(=O)[C@H](CC(=O)O)NC(C)=O)[C@@H](C)O)C(=O)N[C@@H](Cc1cc(=O)oc2cc(OP(=O)(O)O)ccc12)C(=O)N[C@H](C(=O)N[C@H](C(=O)N[C@@H](CC(C)C)C(=O)N[C@@H](CC(=O)O)C(N)=O)C(C)C)C(C)C. The molecular weight excluding hydrogens is 1140 g/mol. The van der Waals surface area contributed by atoms with Gasteiger partial charge < -0.3 is 83.0 Å². The second kappa shape index (κ2) is 32.7. The Morgan fingerprint density at radius 1 is 0.595 bits per heavy atom. The van der Waals surface area contributed by atoms with Crippen molar-refractivity contribution in [1.29, 1.82) is 0 Å². The number of fused-ring (bicyclic) bond motifs is 1. The van der Waals surface area contributed by atoms with Crippen molar-refractivity contribution in [2.24, 2.45) is 29.4 Å². The topological polar surface area (TPSA) is 517 Å². The lowest BCUT2D eigenvalue weighted by Gasteiger charge is -2.31. The first-order chi connectivity index (χ1) is 38.9. The van der Waals surface area contributed by atoms with Crippen molar-refractivity contribution in [3.05, 3.63) is 40.2 Å². The Kier molecular flexibility index (Phi) is 28.0. The van der Waals surface area contributed by atoms with E-state index in [1.165, 1.54) is 26.8 Å². The summed E-state index contributed by atoms with van der Waals surface area (Å²) in [6, 6.07) is -10.8. The molecule has 0 aliphatic heterocycles. The number of aliphatic carboxylic acids is 2. The predicted molar refractivity (Wildman–Crippen MR) is 293 cm³/mol. The molecule has 11 atom stereocenters. The zero-order chi connectivity index (χ0) is 64.2. The molecule has 33 heteroatoms. The Hall–Kier alpha value is -8.06. The van der Waals surface area contributed by atoms with Crippen LogP contribution in [0, 0.1) is 23.7 Å². The number of carbonyl (C=O) groups is 12.